The van der Waals surface area contributed by atoms with E-state index in [1.165, 1.54) is 0 Å². The van der Waals surface area contributed by atoms with Crippen molar-refractivity contribution in [2.24, 2.45) is 0 Å². The summed E-state index contributed by atoms with van der Waals surface area (Å²) in [7, 11) is 0. The van der Waals surface area contributed by atoms with E-state index in [0.717, 1.165) is 33.4 Å². The first-order valence-electron chi connectivity index (χ1n) is 9.36. The van der Waals surface area contributed by atoms with Crippen LogP contribution < -0.4 is 0 Å². The van der Waals surface area contributed by atoms with Gasteiger partial charge in [-0.1, -0.05) is 48.5 Å². The predicted octanol–water partition coefficient (Wildman–Crippen LogP) is 5.66. The van der Waals surface area contributed by atoms with Gasteiger partial charge in [-0.05, 0) is 57.6 Å². The van der Waals surface area contributed by atoms with Gasteiger partial charge in [-0.15, -0.1) is 0 Å². The van der Waals surface area contributed by atoms with Gasteiger partial charge in [-0.3, -0.25) is 9.97 Å². The van der Waals surface area contributed by atoms with Gasteiger partial charge in [0, 0.05) is 30.4 Å². The Morgan fingerprint density at radius 2 is 0.833 bits per heavy atom. The van der Waals surface area contributed by atoms with Crippen molar-refractivity contribution < 1.29 is 0 Å². The molecule has 2 heterocycles. The van der Waals surface area contributed by atoms with Gasteiger partial charge in [-0.25, -0.2) is 0 Å². The van der Waals surface area contributed by atoms with Crippen LogP contribution in [0.25, 0.3) is 27.8 Å². The standard InChI is InChI=1S/C26H16N4/c27-17-25(18-28)26(23-5-1-19(2-6-23)21-9-13-29-14-10-21)24-7-3-20(4-8-24)22-11-15-30-16-12-22/h1-16H. The van der Waals surface area contributed by atoms with Crippen molar-refractivity contribution in [3.05, 3.63) is 114 Å². The molecular formula is C26H16N4. The highest BCUT2D eigenvalue weighted by atomic mass is 14.6. The zero-order valence-corrected chi connectivity index (χ0v) is 16.0. The molecule has 0 N–H and O–H groups in total. The van der Waals surface area contributed by atoms with Crippen LogP contribution in [-0.4, -0.2) is 9.97 Å². The van der Waals surface area contributed by atoms with E-state index in [9.17, 15) is 10.5 Å². The first-order chi connectivity index (χ1) is 14.8. The van der Waals surface area contributed by atoms with Crippen molar-refractivity contribution in [3.63, 3.8) is 0 Å². The number of nitriles is 2. The molecule has 0 amide bonds. The molecule has 0 saturated carbocycles. The molecule has 0 aliphatic carbocycles. The molecule has 0 bridgehead atoms. The fourth-order valence-electron chi connectivity index (χ4n) is 3.34. The fraction of sp³-hybridized carbons (Fsp3) is 0. The Labute approximate surface area is 175 Å². The third-order valence-corrected chi connectivity index (χ3v) is 4.85. The molecule has 4 aromatic rings. The molecule has 0 aliphatic rings. The van der Waals surface area contributed by atoms with Crippen LogP contribution in [0.3, 0.4) is 0 Å². The van der Waals surface area contributed by atoms with E-state index < -0.39 is 0 Å². The molecule has 0 unspecified atom stereocenters. The predicted molar refractivity (Wildman–Crippen MR) is 117 cm³/mol. The maximum absolute atomic E-state index is 9.54. The van der Waals surface area contributed by atoms with Gasteiger partial charge < -0.3 is 0 Å². The van der Waals surface area contributed by atoms with Crippen LogP contribution in [-0.2, 0) is 0 Å². The summed E-state index contributed by atoms with van der Waals surface area (Å²) in [5.41, 5.74) is 6.57. The van der Waals surface area contributed by atoms with Gasteiger partial charge in [0.05, 0.1) is 0 Å². The molecule has 4 heteroatoms. The van der Waals surface area contributed by atoms with Crippen molar-refractivity contribution in [2.75, 3.05) is 0 Å². The smallest absolute Gasteiger partial charge is 0.138 e. The minimum Gasteiger partial charge on any atom is -0.265 e. The molecule has 0 aliphatic heterocycles. The zero-order valence-electron chi connectivity index (χ0n) is 16.0. The van der Waals surface area contributed by atoms with E-state index in [1.807, 2.05) is 84.9 Å². The fourth-order valence-corrected chi connectivity index (χ4v) is 3.34. The van der Waals surface area contributed by atoms with Gasteiger partial charge in [0.2, 0.25) is 0 Å². The summed E-state index contributed by atoms with van der Waals surface area (Å²) < 4.78 is 0. The number of rotatable bonds is 4. The van der Waals surface area contributed by atoms with Crippen molar-refractivity contribution in [3.8, 4) is 34.4 Å². The van der Waals surface area contributed by atoms with Crippen LogP contribution in [0.2, 0.25) is 0 Å². The molecule has 0 atom stereocenters. The van der Waals surface area contributed by atoms with Crippen molar-refractivity contribution >= 4 is 5.57 Å². The minimum atomic E-state index is 0.0864. The van der Waals surface area contributed by atoms with E-state index >= 15 is 0 Å². The largest absolute Gasteiger partial charge is 0.265 e. The van der Waals surface area contributed by atoms with E-state index in [1.54, 1.807) is 24.8 Å². The maximum atomic E-state index is 9.54. The molecule has 2 aromatic carbocycles. The molecule has 0 fully saturated rings. The molecule has 30 heavy (non-hydrogen) atoms. The SMILES string of the molecule is N#CC(C#N)=C(c1ccc(-c2ccncc2)cc1)c1ccc(-c2ccncc2)cc1. The molecule has 4 nitrogen and oxygen atoms in total. The summed E-state index contributed by atoms with van der Waals surface area (Å²) in [4.78, 5) is 8.10. The molecular weight excluding hydrogens is 368 g/mol. The molecule has 0 spiro atoms. The van der Waals surface area contributed by atoms with Crippen LogP contribution in [0.4, 0.5) is 0 Å². The second-order valence-corrected chi connectivity index (χ2v) is 6.60. The van der Waals surface area contributed by atoms with Crippen molar-refractivity contribution in [1.29, 1.82) is 10.5 Å². The second kappa shape index (κ2) is 8.65. The quantitative estimate of drug-likeness (QED) is 0.426. The number of aromatic nitrogens is 2. The van der Waals surface area contributed by atoms with Gasteiger partial charge >= 0.3 is 0 Å². The first kappa shape index (κ1) is 18.8. The van der Waals surface area contributed by atoms with Crippen LogP contribution in [0.1, 0.15) is 11.1 Å². The lowest BCUT2D eigenvalue weighted by Gasteiger charge is -2.11. The average molecular weight is 384 g/mol. The summed E-state index contributed by atoms with van der Waals surface area (Å²) in [6, 6.07) is 27.6. The summed E-state index contributed by atoms with van der Waals surface area (Å²) in [5, 5.41) is 19.1. The van der Waals surface area contributed by atoms with Crippen LogP contribution in [0.15, 0.2) is 103 Å². The van der Waals surface area contributed by atoms with Gasteiger partial charge in [-0.2, -0.15) is 10.5 Å². The Morgan fingerprint density at radius 1 is 0.500 bits per heavy atom. The first-order valence-corrected chi connectivity index (χ1v) is 9.36. The average Bonchev–Trinajstić information content (AvgIpc) is 2.84. The summed E-state index contributed by atoms with van der Waals surface area (Å²) >= 11 is 0. The van der Waals surface area contributed by atoms with Gasteiger partial charge in [0.1, 0.15) is 17.7 Å². The van der Waals surface area contributed by atoms with E-state index in [4.69, 9.17) is 0 Å². The topological polar surface area (TPSA) is 73.4 Å². The molecule has 4 rings (SSSR count). The maximum Gasteiger partial charge on any atom is 0.138 e. The number of hydrogen-bond donors (Lipinski definition) is 0. The highest BCUT2D eigenvalue weighted by Gasteiger charge is 2.13. The minimum absolute atomic E-state index is 0.0864. The third-order valence-electron chi connectivity index (χ3n) is 4.85. The van der Waals surface area contributed by atoms with Crippen LogP contribution >= 0.6 is 0 Å². The Kier molecular flexibility index (Phi) is 5.42. The van der Waals surface area contributed by atoms with E-state index in [0.29, 0.717) is 5.57 Å². The number of hydrogen-bond acceptors (Lipinski definition) is 4. The Balaban J connectivity index is 1.74. The molecule has 0 saturated heterocycles. The third kappa shape index (κ3) is 3.85. The highest BCUT2D eigenvalue weighted by molar-refractivity contribution is 5.87. The zero-order chi connectivity index (χ0) is 20.8. The van der Waals surface area contributed by atoms with Crippen molar-refractivity contribution in [1.82, 2.24) is 9.97 Å². The Morgan fingerprint density at radius 3 is 1.17 bits per heavy atom. The lowest BCUT2D eigenvalue weighted by Crippen LogP contribution is -1.93. The van der Waals surface area contributed by atoms with Gasteiger partial charge in [0.25, 0.3) is 0 Å². The number of allylic oxidation sites excluding steroid dienone is 1. The monoisotopic (exact) mass is 384 g/mol. The number of nitrogens with zero attached hydrogens (tertiary/aromatic N) is 4. The van der Waals surface area contributed by atoms with Crippen LogP contribution in [0, 0.1) is 22.7 Å². The number of pyridine rings is 2. The lowest BCUT2D eigenvalue weighted by molar-refractivity contribution is 1.33. The molecule has 140 valence electrons. The summed E-state index contributed by atoms with van der Waals surface area (Å²) in [6.45, 7) is 0. The molecule has 0 radical (unpaired) electrons. The molecule has 2 aromatic heterocycles. The number of benzene rings is 2. The second-order valence-electron chi connectivity index (χ2n) is 6.60. The van der Waals surface area contributed by atoms with Crippen molar-refractivity contribution in [2.45, 2.75) is 0 Å². The van der Waals surface area contributed by atoms with E-state index in [2.05, 4.69) is 9.97 Å². The van der Waals surface area contributed by atoms with Crippen LogP contribution in [0.5, 0.6) is 0 Å². The Hall–Kier alpha value is -4.54. The summed E-state index contributed by atoms with van der Waals surface area (Å²) in [6.07, 6.45) is 7.01. The van der Waals surface area contributed by atoms with Gasteiger partial charge in [0.15, 0.2) is 0 Å². The van der Waals surface area contributed by atoms with E-state index in [-0.39, 0.29) is 5.57 Å². The summed E-state index contributed by atoms with van der Waals surface area (Å²) in [5.74, 6) is 0. The normalized spacial score (nSPS) is 9.93. The Bertz CT molecular complexity index is 1160. The highest BCUT2D eigenvalue weighted by Crippen LogP contribution is 2.30. The lowest BCUT2D eigenvalue weighted by atomic mass is 9.91.